The average molecular weight is 258 g/mol. The number of hydrogen-bond acceptors (Lipinski definition) is 2. The highest BCUT2D eigenvalue weighted by Crippen LogP contribution is 2.33. The summed E-state index contributed by atoms with van der Waals surface area (Å²) < 4.78 is 42.3. The fraction of sp³-hybridized carbons (Fsp3) is 0.308. The smallest absolute Gasteiger partial charge is 0.416 e. The molecule has 0 aliphatic carbocycles. The Hall–Kier alpha value is -1.78. The molecule has 0 spiro atoms. The summed E-state index contributed by atoms with van der Waals surface area (Å²) in [4.78, 5) is 10.9. The van der Waals surface area contributed by atoms with Gasteiger partial charge in [0.2, 0.25) is 0 Å². The molecule has 0 aliphatic heterocycles. The quantitative estimate of drug-likeness (QED) is 0.774. The monoisotopic (exact) mass is 258 g/mol. The van der Waals surface area contributed by atoms with Gasteiger partial charge in [0.25, 0.3) is 0 Å². The van der Waals surface area contributed by atoms with Crippen LogP contribution in [0, 0.1) is 6.92 Å². The molecule has 0 radical (unpaired) electrons. The number of alkyl halides is 3. The Morgan fingerprint density at radius 3 is 2.61 bits per heavy atom. The van der Waals surface area contributed by atoms with E-state index in [1.54, 1.807) is 6.07 Å². The third-order valence-electron chi connectivity index (χ3n) is 2.49. The van der Waals surface area contributed by atoms with Gasteiger partial charge in [-0.25, -0.2) is 0 Å². The van der Waals surface area contributed by atoms with E-state index < -0.39 is 17.7 Å². The largest absolute Gasteiger partial charge is 0.469 e. The van der Waals surface area contributed by atoms with Crippen LogP contribution in [0.25, 0.3) is 6.08 Å². The van der Waals surface area contributed by atoms with Gasteiger partial charge >= 0.3 is 12.1 Å². The van der Waals surface area contributed by atoms with Crippen molar-refractivity contribution in [3.05, 3.63) is 41.0 Å². The van der Waals surface area contributed by atoms with Crippen LogP contribution in [0.2, 0.25) is 0 Å². The highest BCUT2D eigenvalue weighted by atomic mass is 19.4. The van der Waals surface area contributed by atoms with E-state index in [-0.39, 0.29) is 12.0 Å². The number of halogens is 3. The topological polar surface area (TPSA) is 26.3 Å². The number of methoxy groups -OCH3 is 1. The van der Waals surface area contributed by atoms with Gasteiger partial charge in [0.05, 0.1) is 19.1 Å². The molecule has 5 heteroatoms. The van der Waals surface area contributed by atoms with Crippen LogP contribution in [0.1, 0.15) is 23.1 Å². The van der Waals surface area contributed by atoms with Crippen molar-refractivity contribution in [3.8, 4) is 0 Å². The molecular formula is C13H13F3O2. The lowest BCUT2D eigenvalue weighted by Gasteiger charge is -2.11. The summed E-state index contributed by atoms with van der Waals surface area (Å²) >= 11 is 0. The van der Waals surface area contributed by atoms with E-state index in [2.05, 4.69) is 4.74 Å². The lowest BCUT2D eigenvalue weighted by atomic mass is 10.0. The lowest BCUT2D eigenvalue weighted by Crippen LogP contribution is -2.08. The van der Waals surface area contributed by atoms with E-state index in [1.165, 1.54) is 32.3 Å². The van der Waals surface area contributed by atoms with Crippen LogP contribution in [0.3, 0.4) is 0 Å². The fourth-order valence-electron chi connectivity index (χ4n) is 1.51. The third-order valence-corrected chi connectivity index (χ3v) is 2.49. The molecule has 0 saturated heterocycles. The zero-order valence-electron chi connectivity index (χ0n) is 10.0. The first-order chi connectivity index (χ1) is 8.36. The van der Waals surface area contributed by atoms with Crippen molar-refractivity contribution in [1.82, 2.24) is 0 Å². The number of benzene rings is 1. The standard InChI is InChI=1S/C13H13F3O2/c1-9-10(6-4-8-12(17)18-2)5-3-7-11(9)13(14,15)16/h3-7H,8H2,1-2H3. The molecule has 0 fully saturated rings. The van der Waals surface area contributed by atoms with E-state index in [0.29, 0.717) is 5.56 Å². The Kier molecular flexibility index (Phi) is 4.53. The molecule has 18 heavy (non-hydrogen) atoms. The van der Waals surface area contributed by atoms with Gasteiger partial charge in [-0.2, -0.15) is 13.2 Å². The van der Waals surface area contributed by atoms with Gasteiger partial charge in [-0.3, -0.25) is 4.79 Å². The number of carbonyl (C=O) groups excluding carboxylic acids is 1. The van der Waals surface area contributed by atoms with E-state index >= 15 is 0 Å². The van der Waals surface area contributed by atoms with Crippen LogP contribution in [-0.4, -0.2) is 13.1 Å². The molecule has 0 aromatic heterocycles. The summed E-state index contributed by atoms with van der Waals surface area (Å²) in [5.41, 5.74) is -0.0810. The molecule has 1 aromatic rings. The second-order valence-corrected chi connectivity index (χ2v) is 3.70. The lowest BCUT2D eigenvalue weighted by molar-refractivity contribution is -0.140. The second kappa shape index (κ2) is 5.71. The summed E-state index contributed by atoms with van der Waals surface area (Å²) in [5, 5.41) is 0. The first-order valence-corrected chi connectivity index (χ1v) is 5.26. The number of hydrogen-bond donors (Lipinski definition) is 0. The van der Waals surface area contributed by atoms with Crippen LogP contribution >= 0.6 is 0 Å². The van der Waals surface area contributed by atoms with Crippen molar-refractivity contribution < 1.29 is 22.7 Å². The molecule has 0 atom stereocenters. The van der Waals surface area contributed by atoms with Crippen molar-refractivity contribution >= 4 is 12.0 Å². The molecule has 1 aromatic carbocycles. The maximum atomic E-state index is 12.6. The minimum absolute atomic E-state index is 0.0339. The van der Waals surface area contributed by atoms with E-state index in [0.717, 1.165) is 6.07 Å². The molecule has 0 saturated carbocycles. The minimum atomic E-state index is -4.36. The van der Waals surface area contributed by atoms with Gasteiger partial charge in [0, 0.05) is 0 Å². The van der Waals surface area contributed by atoms with E-state index in [4.69, 9.17) is 0 Å². The number of esters is 1. The van der Waals surface area contributed by atoms with Crippen molar-refractivity contribution in [2.45, 2.75) is 19.5 Å². The van der Waals surface area contributed by atoms with Crippen molar-refractivity contribution in [2.75, 3.05) is 7.11 Å². The summed E-state index contributed by atoms with van der Waals surface area (Å²) in [7, 11) is 1.26. The van der Waals surface area contributed by atoms with Gasteiger partial charge in [0.1, 0.15) is 0 Å². The Labute approximate surface area is 103 Å². The third kappa shape index (κ3) is 3.61. The van der Waals surface area contributed by atoms with Crippen molar-refractivity contribution in [1.29, 1.82) is 0 Å². The molecule has 0 amide bonds. The first-order valence-electron chi connectivity index (χ1n) is 5.26. The first kappa shape index (κ1) is 14.3. The molecule has 0 unspecified atom stereocenters. The molecule has 98 valence electrons. The predicted molar refractivity (Wildman–Crippen MR) is 61.8 cm³/mol. The maximum Gasteiger partial charge on any atom is 0.416 e. The van der Waals surface area contributed by atoms with Crippen LogP contribution in [0.15, 0.2) is 24.3 Å². The van der Waals surface area contributed by atoms with Gasteiger partial charge in [-0.15, -0.1) is 0 Å². The van der Waals surface area contributed by atoms with Gasteiger partial charge in [-0.1, -0.05) is 24.3 Å². The molecule has 0 heterocycles. The van der Waals surface area contributed by atoms with Crippen LogP contribution < -0.4 is 0 Å². The average Bonchev–Trinajstić information content (AvgIpc) is 2.29. The number of ether oxygens (including phenoxy) is 1. The zero-order valence-corrected chi connectivity index (χ0v) is 10.0. The van der Waals surface area contributed by atoms with Crippen molar-refractivity contribution in [3.63, 3.8) is 0 Å². The molecule has 0 bridgehead atoms. The Balaban J connectivity index is 2.95. The summed E-state index contributed by atoms with van der Waals surface area (Å²) in [6, 6.07) is 3.94. The maximum absolute atomic E-state index is 12.6. The number of carbonyl (C=O) groups is 1. The summed E-state index contributed by atoms with van der Waals surface area (Å²) in [6.07, 6.45) is -1.36. The minimum Gasteiger partial charge on any atom is -0.469 e. The Morgan fingerprint density at radius 2 is 2.06 bits per heavy atom. The van der Waals surface area contributed by atoms with Crippen LogP contribution in [0.4, 0.5) is 13.2 Å². The van der Waals surface area contributed by atoms with Gasteiger partial charge in [-0.05, 0) is 24.1 Å². The fourth-order valence-corrected chi connectivity index (χ4v) is 1.51. The molecule has 0 N–H and O–H groups in total. The Bertz CT molecular complexity index is 462. The predicted octanol–water partition coefficient (Wildman–Crippen LogP) is 3.59. The van der Waals surface area contributed by atoms with Gasteiger partial charge in [0.15, 0.2) is 0 Å². The van der Waals surface area contributed by atoms with Crippen LogP contribution in [-0.2, 0) is 15.7 Å². The van der Waals surface area contributed by atoms with Crippen LogP contribution in [0.5, 0.6) is 0 Å². The normalized spacial score (nSPS) is 11.8. The Morgan fingerprint density at radius 1 is 1.39 bits per heavy atom. The van der Waals surface area contributed by atoms with E-state index in [1.807, 2.05) is 0 Å². The zero-order chi connectivity index (χ0) is 13.8. The number of rotatable bonds is 3. The molecule has 1 rings (SSSR count). The molecule has 0 aliphatic rings. The molecule has 2 nitrogen and oxygen atoms in total. The summed E-state index contributed by atoms with van der Waals surface area (Å²) in [6.45, 7) is 1.40. The highest BCUT2D eigenvalue weighted by molar-refractivity contribution is 5.72. The summed E-state index contributed by atoms with van der Waals surface area (Å²) in [5.74, 6) is -0.434. The molecular weight excluding hydrogens is 245 g/mol. The van der Waals surface area contributed by atoms with E-state index in [9.17, 15) is 18.0 Å². The van der Waals surface area contributed by atoms with Gasteiger partial charge < -0.3 is 4.74 Å². The van der Waals surface area contributed by atoms with Crippen molar-refractivity contribution in [2.24, 2.45) is 0 Å². The second-order valence-electron chi connectivity index (χ2n) is 3.70. The SMILES string of the molecule is COC(=O)CC=Cc1cccc(C(F)(F)F)c1C. The highest BCUT2D eigenvalue weighted by Gasteiger charge is 2.32.